The van der Waals surface area contributed by atoms with Gasteiger partial charge in [-0.15, -0.1) is 0 Å². The number of amides is 1. The molecule has 3 aliphatic heterocycles. The molecule has 0 aliphatic carbocycles. The molecular formula is C13H24N4O. The van der Waals surface area contributed by atoms with Gasteiger partial charge in [0.1, 0.15) is 5.54 Å². The van der Waals surface area contributed by atoms with Crippen LogP contribution in [0.5, 0.6) is 0 Å². The quantitative estimate of drug-likeness (QED) is 0.687. The average molecular weight is 252 g/mol. The Balaban J connectivity index is 1.88. The molecule has 3 aliphatic rings. The molecule has 3 heterocycles. The first-order valence-electron chi connectivity index (χ1n) is 7.25. The third-order valence-corrected chi connectivity index (χ3v) is 5.03. The second kappa shape index (κ2) is 4.79. The molecule has 2 atom stereocenters. The van der Waals surface area contributed by atoms with Gasteiger partial charge in [0, 0.05) is 32.2 Å². The van der Waals surface area contributed by atoms with Gasteiger partial charge in [0.05, 0.1) is 0 Å². The standard InChI is InChI=1S/C13H24N4O/c14-12(18)13(17-8-2-5-15-6-10-17)4-9-16-7-1-3-11(13)16/h11,15H,1-10H2,(H2,14,18). The molecule has 3 saturated heterocycles. The van der Waals surface area contributed by atoms with Crippen molar-refractivity contribution in [2.24, 2.45) is 5.73 Å². The van der Waals surface area contributed by atoms with Crippen LogP contribution in [-0.2, 0) is 4.79 Å². The fourth-order valence-corrected chi connectivity index (χ4v) is 4.17. The predicted octanol–water partition coefficient (Wildman–Crippen LogP) is -0.626. The molecule has 18 heavy (non-hydrogen) atoms. The highest BCUT2D eigenvalue weighted by molar-refractivity contribution is 5.86. The number of carbonyl (C=O) groups excluding carboxylic acids is 1. The van der Waals surface area contributed by atoms with Crippen molar-refractivity contribution in [3.8, 4) is 0 Å². The number of rotatable bonds is 2. The van der Waals surface area contributed by atoms with Crippen LogP contribution in [0.25, 0.3) is 0 Å². The molecule has 0 saturated carbocycles. The fourth-order valence-electron chi connectivity index (χ4n) is 4.17. The van der Waals surface area contributed by atoms with Gasteiger partial charge in [0.25, 0.3) is 0 Å². The summed E-state index contributed by atoms with van der Waals surface area (Å²) < 4.78 is 0. The van der Waals surface area contributed by atoms with E-state index in [0.29, 0.717) is 6.04 Å². The first-order valence-corrected chi connectivity index (χ1v) is 7.25. The third kappa shape index (κ3) is 1.76. The van der Waals surface area contributed by atoms with E-state index in [1.807, 2.05) is 0 Å². The highest BCUT2D eigenvalue weighted by Gasteiger charge is 2.56. The van der Waals surface area contributed by atoms with Gasteiger partial charge < -0.3 is 11.1 Å². The largest absolute Gasteiger partial charge is 0.368 e. The number of primary amides is 1. The van der Waals surface area contributed by atoms with E-state index < -0.39 is 0 Å². The first-order chi connectivity index (χ1) is 8.75. The minimum absolute atomic E-state index is 0.0983. The Morgan fingerprint density at radius 3 is 2.89 bits per heavy atom. The SMILES string of the molecule is NC(=O)C1(N2CCCNCC2)CCN2CCCC21. The zero-order valence-corrected chi connectivity index (χ0v) is 11.0. The van der Waals surface area contributed by atoms with E-state index in [1.54, 1.807) is 0 Å². The van der Waals surface area contributed by atoms with E-state index in [4.69, 9.17) is 5.73 Å². The molecule has 5 nitrogen and oxygen atoms in total. The molecule has 0 radical (unpaired) electrons. The van der Waals surface area contributed by atoms with E-state index in [2.05, 4.69) is 15.1 Å². The van der Waals surface area contributed by atoms with Crippen LogP contribution in [0.15, 0.2) is 0 Å². The van der Waals surface area contributed by atoms with Crippen molar-refractivity contribution in [1.82, 2.24) is 15.1 Å². The minimum atomic E-state index is -0.386. The van der Waals surface area contributed by atoms with Crippen LogP contribution in [0.3, 0.4) is 0 Å². The summed E-state index contributed by atoms with van der Waals surface area (Å²) in [4.78, 5) is 17.1. The fraction of sp³-hybridized carbons (Fsp3) is 0.923. The normalized spacial score (nSPS) is 38.6. The second-order valence-corrected chi connectivity index (χ2v) is 5.82. The van der Waals surface area contributed by atoms with E-state index in [-0.39, 0.29) is 11.4 Å². The van der Waals surface area contributed by atoms with Gasteiger partial charge in [0.2, 0.25) is 5.91 Å². The zero-order valence-electron chi connectivity index (χ0n) is 11.0. The molecule has 3 N–H and O–H groups in total. The van der Waals surface area contributed by atoms with Crippen molar-refractivity contribution in [1.29, 1.82) is 0 Å². The van der Waals surface area contributed by atoms with Crippen LogP contribution in [0.2, 0.25) is 0 Å². The Morgan fingerprint density at radius 1 is 1.17 bits per heavy atom. The molecule has 3 rings (SSSR count). The lowest BCUT2D eigenvalue weighted by atomic mass is 9.85. The molecule has 0 spiro atoms. The van der Waals surface area contributed by atoms with E-state index in [1.165, 1.54) is 6.42 Å². The second-order valence-electron chi connectivity index (χ2n) is 5.82. The van der Waals surface area contributed by atoms with Crippen molar-refractivity contribution >= 4 is 5.91 Å². The number of hydrogen-bond donors (Lipinski definition) is 2. The van der Waals surface area contributed by atoms with Gasteiger partial charge in [0.15, 0.2) is 0 Å². The van der Waals surface area contributed by atoms with Gasteiger partial charge in [-0.1, -0.05) is 0 Å². The monoisotopic (exact) mass is 252 g/mol. The first kappa shape index (κ1) is 12.4. The molecule has 5 heteroatoms. The molecule has 0 aromatic rings. The Labute approximate surface area is 109 Å². The van der Waals surface area contributed by atoms with Crippen LogP contribution in [0, 0.1) is 0 Å². The maximum absolute atomic E-state index is 12.2. The zero-order chi connectivity index (χ0) is 12.6. The van der Waals surface area contributed by atoms with Crippen molar-refractivity contribution in [3.63, 3.8) is 0 Å². The molecule has 2 unspecified atom stereocenters. The number of fused-ring (bicyclic) bond motifs is 1. The van der Waals surface area contributed by atoms with Gasteiger partial charge in [-0.3, -0.25) is 14.6 Å². The van der Waals surface area contributed by atoms with Gasteiger partial charge in [-0.25, -0.2) is 0 Å². The highest BCUT2D eigenvalue weighted by Crippen LogP contribution is 2.40. The third-order valence-electron chi connectivity index (χ3n) is 5.03. The molecule has 102 valence electrons. The van der Waals surface area contributed by atoms with Gasteiger partial charge in [-0.05, 0) is 38.8 Å². The summed E-state index contributed by atoms with van der Waals surface area (Å²) in [5.74, 6) is -0.0983. The van der Waals surface area contributed by atoms with E-state index >= 15 is 0 Å². The molecule has 1 amide bonds. The number of nitrogens with two attached hydrogens (primary N) is 1. The van der Waals surface area contributed by atoms with Crippen molar-refractivity contribution in [2.45, 2.75) is 37.3 Å². The van der Waals surface area contributed by atoms with E-state index in [0.717, 1.165) is 58.5 Å². The van der Waals surface area contributed by atoms with Crippen LogP contribution in [-0.4, -0.2) is 66.6 Å². The number of nitrogens with one attached hydrogen (secondary N) is 1. The highest BCUT2D eigenvalue weighted by atomic mass is 16.1. The van der Waals surface area contributed by atoms with Crippen molar-refractivity contribution < 1.29 is 4.79 Å². The number of carbonyl (C=O) groups is 1. The summed E-state index contributed by atoms with van der Waals surface area (Å²) in [5.41, 5.74) is 5.46. The Hall–Kier alpha value is -0.650. The maximum Gasteiger partial charge on any atom is 0.239 e. The van der Waals surface area contributed by atoms with Crippen molar-refractivity contribution in [3.05, 3.63) is 0 Å². The number of nitrogens with zero attached hydrogens (tertiary/aromatic N) is 2. The number of hydrogen-bond acceptors (Lipinski definition) is 4. The summed E-state index contributed by atoms with van der Waals surface area (Å²) in [6, 6.07) is 0.369. The molecule has 0 aromatic heterocycles. The molecule has 0 aromatic carbocycles. The molecular weight excluding hydrogens is 228 g/mol. The minimum Gasteiger partial charge on any atom is -0.368 e. The lowest BCUT2D eigenvalue weighted by Gasteiger charge is -2.42. The maximum atomic E-state index is 12.2. The summed E-state index contributed by atoms with van der Waals surface area (Å²) >= 11 is 0. The summed E-state index contributed by atoms with van der Waals surface area (Å²) in [7, 11) is 0. The Morgan fingerprint density at radius 2 is 2.06 bits per heavy atom. The predicted molar refractivity (Wildman–Crippen MR) is 70.2 cm³/mol. The van der Waals surface area contributed by atoms with E-state index in [9.17, 15) is 4.79 Å². The Bertz CT molecular complexity index is 327. The smallest absolute Gasteiger partial charge is 0.239 e. The van der Waals surface area contributed by atoms with Crippen molar-refractivity contribution in [2.75, 3.05) is 39.3 Å². The Kier molecular flexibility index (Phi) is 3.30. The summed E-state index contributed by atoms with van der Waals surface area (Å²) in [6.07, 6.45) is 4.38. The lowest BCUT2D eigenvalue weighted by molar-refractivity contribution is -0.131. The van der Waals surface area contributed by atoms with Crippen LogP contribution in [0.4, 0.5) is 0 Å². The summed E-state index contributed by atoms with van der Waals surface area (Å²) in [6.45, 7) is 6.17. The summed E-state index contributed by atoms with van der Waals surface area (Å²) in [5, 5.41) is 3.41. The van der Waals surface area contributed by atoms with Gasteiger partial charge in [-0.2, -0.15) is 0 Å². The van der Waals surface area contributed by atoms with Crippen LogP contribution < -0.4 is 11.1 Å². The van der Waals surface area contributed by atoms with Crippen LogP contribution in [0.1, 0.15) is 25.7 Å². The molecule has 0 bridgehead atoms. The van der Waals surface area contributed by atoms with Gasteiger partial charge >= 0.3 is 0 Å². The lowest BCUT2D eigenvalue weighted by Crippen LogP contribution is -2.63. The average Bonchev–Trinajstić information content (AvgIpc) is 2.83. The molecule has 3 fully saturated rings. The topological polar surface area (TPSA) is 61.6 Å². The van der Waals surface area contributed by atoms with Crippen LogP contribution >= 0.6 is 0 Å².